The Morgan fingerprint density at radius 3 is 2.22 bits per heavy atom. The monoisotopic (exact) mass is 304 g/mol. The number of Topliss-reactive ketones (excluding diaryl/α,β-unsaturated/α-hetero) is 1. The van der Waals surface area contributed by atoms with Crippen molar-refractivity contribution < 1.29 is 9.53 Å². The molecule has 0 spiro atoms. The van der Waals surface area contributed by atoms with Crippen LogP contribution in [-0.4, -0.2) is 12.9 Å². The number of halogens is 1. The van der Waals surface area contributed by atoms with Gasteiger partial charge in [0.1, 0.15) is 10.6 Å². The van der Waals surface area contributed by atoms with Gasteiger partial charge in [0.05, 0.1) is 7.11 Å². The van der Waals surface area contributed by atoms with E-state index in [1.165, 1.54) is 0 Å². The Kier molecular flexibility index (Phi) is 4.15. The molecule has 0 amide bonds. The summed E-state index contributed by atoms with van der Waals surface area (Å²) >= 11 is 3.44. The molecule has 0 aliphatic rings. The van der Waals surface area contributed by atoms with Gasteiger partial charge in [0.15, 0.2) is 5.78 Å². The minimum absolute atomic E-state index is 0.0452. The standard InChI is InChI=1S/C15H13BrO2/c1-18-13-9-7-12(8-10-13)15(17)14(16)11-5-3-2-4-6-11/h2-10,14H,1H3/t14-/m0/s1. The number of ether oxygens (including phenoxy) is 1. The summed E-state index contributed by atoms with van der Waals surface area (Å²) in [7, 11) is 1.61. The van der Waals surface area contributed by atoms with Crippen LogP contribution in [0.25, 0.3) is 0 Å². The van der Waals surface area contributed by atoms with Crippen LogP contribution in [-0.2, 0) is 0 Å². The quantitative estimate of drug-likeness (QED) is 0.630. The van der Waals surface area contributed by atoms with Crippen LogP contribution in [0.5, 0.6) is 5.75 Å². The summed E-state index contributed by atoms with van der Waals surface area (Å²) in [5.41, 5.74) is 1.62. The smallest absolute Gasteiger partial charge is 0.180 e. The van der Waals surface area contributed by atoms with Crippen LogP contribution in [0.2, 0.25) is 0 Å². The molecule has 3 heteroatoms. The molecule has 0 saturated heterocycles. The third-order valence-electron chi connectivity index (χ3n) is 2.70. The van der Waals surface area contributed by atoms with Gasteiger partial charge in [0, 0.05) is 5.56 Å². The van der Waals surface area contributed by atoms with Gasteiger partial charge in [-0.2, -0.15) is 0 Å². The Bertz CT molecular complexity index is 520. The van der Waals surface area contributed by atoms with Crippen LogP contribution in [0.15, 0.2) is 54.6 Å². The predicted octanol–water partition coefficient (Wildman–Crippen LogP) is 4.01. The van der Waals surface area contributed by atoms with Gasteiger partial charge < -0.3 is 4.74 Å². The van der Waals surface area contributed by atoms with E-state index in [1.807, 2.05) is 30.3 Å². The average Bonchev–Trinajstić information content (AvgIpc) is 2.47. The summed E-state index contributed by atoms with van der Waals surface area (Å²) in [6.07, 6.45) is 0. The second kappa shape index (κ2) is 5.83. The Morgan fingerprint density at radius 1 is 1.06 bits per heavy atom. The Balaban J connectivity index is 2.20. The SMILES string of the molecule is COc1ccc(C(=O)[C@@H](Br)c2ccccc2)cc1. The molecule has 0 saturated carbocycles. The van der Waals surface area contributed by atoms with E-state index in [9.17, 15) is 4.79 Å². The molecular formula is C15H13BrO2. The fraction of sp³-hybridized carbons (Fsp3) is 0.133. The Labute approximate surface area is 115 Å². The van der Waals surface area contributed by atoms with Gasteiger partial charge in [0.2, 0.25) is 0 Å². The fourth-order valence-electron chi connectivity index (χ4n) is 1.67. The maximum absolute atomic E-state index is 12.3. The number of benzene rings is 2. The fourth-order valence-corrected chi connectivity index (χ4v) is 2.24. The van der Waals surface area contributed by atoms with Crippen molar-refractivity contribution in [3.8, 4) is 5.75 Å². The van der Waals surface area contributed by atoms with E-state index in [1.54, 1.807) is 31.4 Å². The van der Waals surface area contributed by atoms with Crippen molar-refractivity contribution >= 4 is 21.7 Å². The number of hydrogen-bond donors (Lipinski definition) is 0. The molecule has 2 aromatic carbocycles. The molecule has 0 unspecified atom stereocenters. The van der Waals surface area contributed by atoms with Crippen molar-refractivity contribution in [2.24, 2.45) is 0 Å². The minimum Gasteiger partial charge on any atom is -0.497 e. The lowest BCUT2D eigenvalue weighted by atomic mass is 10.0. The van der Waals surface area contributed by atoms with E-state index in [0.717, 1.165) is 11.3 Å². The molecule has 0 fully saturated rings. The van der Waals surface area contributed by atoms with E-state index >= 15 is 0 Å². The second-order valence-corrected chi connectivity index (χ2v) is 4.78. The molecule has 0 aliphatic heterocycles. The molecule has 0 radical (unpaired) electrons. The molecule has 0 bridgehead atoms. The molecule has 0 aliphatic carbocycles. The zero-order chi connectivity index (χ0) is 13.0. The number of alkyl halides is 1. The first kappa shape index (κ1) is 12.8. The number of ketones is 1. The molecule has 0 heterocycles. The van der Waals surface area contributed by atoms with Crippen LogP contribution in [0.4, 0.5) is 0 Å². The summed E-state index contributed by atoms with van der Waals surface area (Å²) in [6, 6.07) is 16.8. The summed E-state index contributed by atoms with van der Waals surface area (Å²) in [4.78, 5) is 11.9. The lowest BCUT2D eigenvalue weighted by Crippen LogP contribution is -2.06. The second-order valence-electron chi connectivity index (χ2n) is 3.87. The van der Waals surface area contributed by atoms with Crippen LogP contribution in [0.3, 0.4) is 0 Å². The highest BCUT2D eigenvalue weighted by atomic mass is 79.9. The highest BCUT2D eigenvalue weighted by Crippen LogP contribution is 2.27. The Morgan fingerprint density at radius 2 is 1.67 bits per heavy atom. The first-order chi connectivity index (χ1) is 8.72. The summed E-state index contributed by atoms with van der Waals surface area (Å²) in [6.45, 7) is 0. The van der Waals surface area contributed by atoms with Crippen molar-refractivity contribution in [1.29, 1.82) is 0 Å². The zero-order valence-electron chi connectivity index (χ0n) is 9.97. The van der Waals surface area contributed by atoms with Gasteiger partial charge in [0.25, 0.3) is 0 Å². The van der Waals surface area contributed by atoms with Crippen LogP contribution < -0.4 is 4.74 Å². The molecule has 2 aromatic rings. The van der Waals surface area contributed by atoms with Crippen molar-refractivity contribution in [2.45, 2.75) is 4.83 Å². The molecule has 2 nitrogen and oxygen atoms in total. The van der Waals surface area contributed by atoms with E-state index in [4.69, 9.17) is 4.74 Å². The maximum atomic E-state index is 12.3. The number of carbonyl (C=O) groups is 1. The van der Waals surface area contributed by atoms with E-state index in [2.05, 4.69) is 15.9 Å². The van der Waals surface area contributed by atoms with Gasteiger partial charge in [-0.25, -0.2) is 0 Å². The molecule has 18 heavy (non-hydrogen) atoms. The molecule has 0 aromatic heterocycles. The summed E-state index contributed by atoms with van der Waals surface area (Å²) < 4.78 is 5.07. The minimum atomic E-state index is -0.313. The van der Waals surface area contributed by atoms with E-state index in [-0.39, 0.29) is 10.6 Å². The Hall–Kier alpha value is -1.61. The van der Waals surface area contributed by atoms with Gasteiger partial charge >= 0.3 is 0 Å². The maximum Gasteiger partial charge on any atom is 0.180 e. The van der Waals surface area contributed by atoms with Crippen molar-refractivity contribution in [1.82, 2.24) is 0 Å². The van der Waals surface area contributed by atoms with Crippen molar-refractivity contribution in [3.05, 3.63) is 65.7 Å². The van der Waals surface area contributed by atoms with Crippen LogP contribution in [0, 0.1) is 0 Å². The molecule has 92 valence electrons. The van der Waals surface area contributed by atoms with Gasteiger partial charge in [-0.05, 0) is 29.8 Å². The van der Waals surface area contributed by atoms with Gasteiger partial charge in [-0.1, -0.05) is 46.3 Å². The largest absolute Gasteiger partial charge is 0.497 e. The van der Waals surface area contributed by atoms with Crippen LogP contribution in [0.1, 0.15) is 20.7 Å². The predicted molar refractivity (Wildman–Crippen MR) is 75.4 cm³/mol. The van der Waals surface area contributed by atoms with Gasteiger partial charge in [-0.15, -0.1) is 0 Å². The lowest BCUT2D eigenvalue weighted by molar-refractivity contribution is 0.0991. The van der Waals surface area contributed by atoms with Crippen molar-refractivity contribution in [2.75, 3.05) is 7.11 Å². The van der Waals surface area contributed by atoms with Gasteiger partial charge in [-0.3, -0.25) is 4.79 Å². The number of hydrogen-bond acceptors (Lipinski definition) is 2. The summed E-state index contributed by atoms with van der Waals surface area (Å²) in [5.74, 6) is 0.793. The average molecular weight is 305 g/mol. The topological polar surface area (TPSA) is 26.3 Å². The number of rotatable bonds is 4. The normalized spacial score (nSPS) is 11.9. The zero-order valence-corrected chi connectivity index (χ0v) is 11.6. The molecular weight excluding hydrogens is 292 g/mol. The number of methoxy groups -OCH3 is 1. The first-order valence-electron chi connectivity index (χ1n) is 5.59. The first-order valence-corrected chi connectivity index (χ1v) is 6.51. The molecule has 2 rings (SSSR count). The molecule has 0 N–H and O–H groups in total. The third-order valence-corrected chi connectivity index (χ3v) is 3.64. The number of carbonyl (C=O) groups excluding carboxylic acids is 1. The molecule has 1 atom stereocenters. The highest BCUT2D eigenvalue weighted by Gasteiger charge is 2.18. The highest BCUT2D eigenvalue weighted by molar-refractivity contribution is 9.09. The lowest BCUT2D eigenvalue weighted by Gasteiger charge is -2.09. The van der Waals surface area contributed by atoms with Crippen molar-refractivity contribution in [3.63, 3.8) is 0 Å². The third kappa shape index (κ3) is 2.79. The van der Waals surface area contributed by atoms with Crippen LogP contribution >= 0.6 is 15.9 Å². The van der Waals surface area contributed by atoms with E-state index in [0.29, 0.717) is 5.56 Å². The summed E-state index contributed by atoms with van der Waals surface area (Å²) in [5, 5.41) is 0. The van der Waals surface area contributed by atoms with E-state index < -0.39 is 0 Å².